The summed E-state index contributed by atoms with van der Waals surface area (Å²) in [6.07, 6.45) is 2.19. The van der Waals surface area contributed by atoms with Crippen molar-refractivity contribution in [2.45, 2.75) is 37.7 Å². The van der Waals surface area contributed by atoms with Crippen LogP contribution in [-0.4, -0.2) is 72.4 Å². The number of hydrogen-bond acceptors (Lipinski definition) is 6. The van der Waals surface area contributed by atoms with Gasteiger partial charge in [-0.2, -0.15) is 0 Å². The SMILES string of the molecule is CCCCCN(C)CCC(O)(P(=O)(O)O)P(=O)(O)O.NCC(=O)O. The van der Waals surface area contributed by atoms with Crippen molar-refractivity contribution >= 4 is 21.2 Å². The molecule has 0 radical (unpaired) electrons. The molecular formula is C11H28N2O9P2. The summed E-state index contributed by atoms with van der Waals surface area (Å²) in [5.41, 5.74) is 4.57. The zero-order valence-corrected chi connectivity index (χ0v) is 15.6. The van der Waals surface area contributed by atoms with Crippen molar-refractivity contribution in [1.29, 1.82) is 0 Å². The van der Waals surface area contributed by atoms with E-state index < -0.39 is 32.7 Å². The Morgan fingerprint density at radius 1 is 1.08 bits per heavy atom. The number of nitrogens with zero attached hydrogens (tertiary/aromatic N) is 1. The second-order valence-electron chi connectivity index (χ2n) is 5.22. The molecule has 0 amide bonds. The van der Waals surface area contributed by atoms with Crippen LogP contribution in [0.5, 0.6) is 0 Å². The standard InChI is InChI=1S/C9H23NO7P2.C2H5NO2/c1-3-4-5-7-10(2)8-6-9(11,18(12,13)14)19(15,16)17;3-1-2(4)5/h11H,3-8H2,1-2H3,(H2,12,13,14)(H2,15,16,17);1,3H2,(H,4,5). The predicted molar refractivity (Wildman–Crippen MR) is 87.4 cm³/mol. The van der Waals surface area contributed by atoms with E-state index >= 15 is 0 Å². The highest BCUT2D eigenvalue weighted by molar-refractivity contribution is 7.72. The maximum absolute atomic E-state index is 11.1. The van der Waals surface area contributed by atoms with Gasteiger partial charge in [-0.05, 0) is 20.0 Å². The van der Waals surface area contributed by atoms with Gasteiger partial charge in [0.2, 0.25) is 0 Å². The van der Waals surface area contributed by atoms with Gasteiger partial charge in [-0.25, -0.2) is 0 Å². The number of hydrogen-bond donors (Lipinski definition) is 7. The third kappa shape index (κ3) is 9.83. The minimum absolute atomic E-state index is 0.0174. The van der Waals surface area contributed by atoms with Gasteiger partial charge in [-0.3, -0.25) is 13.9 Å². The summed E-state index contributed by atoms with van der Waals surface area (Å²) in [4.78, 5) is 46.7. The van der Waals surface area contributed by atoms with Crippen LogP contribution in [0.2, 0.25) is 0 Å². The average molecular weight is 394 g/mol. The first-order valence-corrected chi connectivity index (χ1v) is 10.4. The molecule has 0 aromatic rings. The number of rotatable bonds is 10. The van der Waals surface area contributed by atoms with Gasteiger partial charge in [0.05, 0.1) is 6.54 Å². The van der Waals surface area contributed by atoms with Crippen molar-refractivity contribution in [3.05, 3.63) is 0 Å². The maximum Gasteiger partial charge on any atom is 0.369 e. The maximum atomic E-state index is 11.1. The number of carbonyl (C=O) groups is 1. The molecular weight excluding hydrogens is 366 g/mol. The summed E-state index contributed by atoms with van der Waals surface area (Å²) in [6.45, 7) is 2.36. The van der Waals surface area contributed by atoms with E-state index in [1.54, 1.807) is 11.9 Å². The molecule has 0 rings (SSSR count). The first-order chi connectivity index (χ1) is 10.7. The van der Waals surface area contributed by atoms with Gasteiger partial charge >= 0.3 is 21.2 Å². The highest BCUT2D eigenvalue weighted by Gasteiger charge is 2.58. The van der Waals surface area contributed by atoms with Crippen LogP contribution in [0, 0.1) is 0 Å². The van der Waals surface area contributed by atoms with Crippen molar-refractivity contribution < 1.29 is 43.7 Å². The molecule has 0 saturated heterocycles. The lowest BCUT2D eigenvalue weighted by Gasteiger charge is -2.30. The lowest BCUT2D eigenvalue weighted by Crippen LogP contribution is -2.34. The highest BCUT2D eigenvalue weighted by Crippen LogP contribution is 2.68. The summed E-state index contributed by atoms with van der Waals surface area (Å²) < 4.78 is 22.2. The summed E-state index contributed by atoms with van der Waals surface area (Å²) in [7, 11) is -9.00. The van der Waals surface area contributed by atoms with E-state index in [2.05, 4.69) is 5.73 Å². The zero-order valence-electron chi connectivity index (χ0n) is 13.8. The second-order valence-corrected chi connectivity index (χ2v) is 9.23. The van der Waals surface area contributed by atoms with Gasteiger partial charge in [0.15, 0.2) is 0 Å². The lowest BCUT2D eigenvalue weighted by molar-refractivity contribution is -0.135. The Labute approximate surface area is 140 Å². The quantitative estimate of drug-likeness (QED) is 0.186. The second kappa shape index (κ2) is 11.3. The molecule has 24 heavy (non-hydrogen) atoms. The molecule has 0 unspecified atom stereocenters. The third-order valence-electron chi connectivity index (χ3n) is 3.08. The predicted octanol–water partition coefficient (Wildman–Crippen LogP) is -0.470. The lowest BCUT2D eigenvalue weighted by atomic mass is 10.2. The van der Waals surface area contributed by atoms with Crippen LogP contribution >= 0.6 is 15.2 Å². The van der Waals surface area contributed by atoms with Crippen molar-refractivity contribution in [1.82, 2.24) is 4.90 Å². The summed E-state index contributed by atoms with van der Waals surface area (Å²) >= 11 is 0. The topological polar surface area (TPSA) is 202 Å². The Morgan fingerprint density at radius 2 is 1.50 bits per heavy atom. The van der Waals surface area contributed by atoms with Crippen LogP contribution in [0.3, 0.4) is 0 Å². The van der Waals surface area contributed by atoms with Crippen LogP contribution in [0.15, 0.2) is 0 Å². The summed E-state index contributed by atoms with van der Waals surface area (Å²) in [5, 5.41) is 13.9. The molecule has 0 bridgehead atoms. The molecule has 0 fully saturated rings. The molecule has 146 valence electrons. The zero-order chi connectivity index (χ0) is 19.6. The van der Waals surface area contributed by atoms with Gasteiger partial charge in [0, 0.05) is 13.0 Å². The van der Waals surface area contributed by atoms with Crippen LogP contribution in [-0.2, 0) is 13.9 Å². The monoisotopic (exact) mass is 394 g/mol. The molecule has 8 N–H and O–H groups in total. The van der Waals surface area contributed by atoms with Gasteiger partial charge in [-0.15, -0.1) is 0 Å². The smallest absolute Gasteiger partial charge is 0.369 e. The Morgan fingerprint density at radius 3 is 1.79 bits per heavy atom. The third-order valence-corrected chi connectivity index (χ3v) is 6.96. The summed E-state index contributed by atoms with van der Waals surface area (Å²) in [5.74, 6) is -0.968. The van der Waals surface area contributed by atoms with Gasteiger partial charge in [0.25, 0.3) is 5.08 Å². The Kier molecular flexibility index (Phi) is 12.2. The fourth-order valence-corrected chi connectivity index (χ4v) is 3.69. The van der Waals surface area contributed by atoms with E-state index in [0.717, 1.165) is 19.3 Å². The minimum atomic E-state index is -5.33. The van der Waals surface area contributed by atoms with Crippen LogP contribution in [0.1, 0.15) is 32.6 Å². The van der Waals surface area contributed by atoms with Crippen molar-refractivity contribution in [3.8, 4) is 0 Å². The molecule has 0 aliphatic heterocycles. The largest absolute Gasteiger partial charge is 0.480 e. The fraction of sp³-hybridized carbons (Fsp3) is 0.909. The number of aliphatic carboxylic acids is 1. The number of aliphatic hydroxyl groups is 1. The Balaban J connectivity index is 0. The molecule has 0 aromatic carbocycles. The van der Waals surface area contributed by atoms with E-state index in [9.17, 15) is 19.0 Å². The Bertz CT molecular complexity index is 440. The molecule has 0 aliphatic carbocycles. The van der Waals surface area contributed by atoms with E-state index in [-0.39, 0.29) is 13.1 Å². The molecule has 0 aromatic heterocycles. The molecule has 0 saturated carbocycles. The number of carboxylic acids is 1. The van der Waals surface area contributed by atoms with E-state index in [4.69, 9.17) is 24.7 Å². The highest BCUT2D eigenvalue weighted by atomic mass is 31.2. The number of unbranched alkanes of at least 4 members (excludes halogenated alkanes) is 2. The molecule has 13 heteroatoms. The van der Waals surface area contributed by atoms with Crippen LogP contribution in [0.25, 0.3) is 0 Å². The molecule has 0 spiro atoms. The fourth-order valence-electron chi connectivity index (χ4n) is 1.55. The molecule has 11 nitrogen and oxygen atoms in total. The number of nitrogens with two attached hydrogens (primary N) is 1. The first-order valence-electron chi connectivity index (χ1n) is 7.17. The molecule has 0 aliphatic rings. The number of carboxylic acid groups (broad SMARTS) is 1. The molecule has 0 heterocycles. The van der Waals surface area contributed by atoms with Gasteiger partial charge < -0.3 is 40.4 Å². The van der Waals surface area contributed by atoms with Crippen LogP contribution < -0.4 is 5.73 Å². The Hall–Kier alpha value is -0.350. The van der Waals surface area contributed by atoms with Crippen molar-refractivity contribution in [2.24, 2.45) is 5.73 Å². The van der Waals surface area contributed by atoms with Gasteiger partial charge in [-0.1, -0.05) is 19.8 Å². The van der Waals surface area contributed by atoms with E-state index in [1.165, 1.54) is 0 Å². The molecule has 0 atom stereocenters. The van der Waals surface area contributed by atoms with Crippen molar-refractivity contribution in [2.75, 3.05) is 26.7 Å². The van der Waals surface area contributed by atoms with Crippen LogP contribution in [0.4, 0.5) is 0 Å². The van der Waals surface area contributed by atoms with E-state index in [0.29, 0.717) is 6.54 Å². The average Bonchev–Trinajstić information content (AvgIpc) is 2.43. The minimum Gasteiger partial charge on any atom is -0.480 e. The summed E-state index contributed by atoms with van der Waals surface area (Å²) in [6, 6.07) is 0. The van der Waals surface area contributed by atoms with E-state index in [1.807, 2.05) is 6.92 Å². The first kappa shape index (κ1) is 25.9. The van der Waals surface area contributed by atoms with Crippen molar-refractivity contribution in [3.63, 3.8) is 0 Å². The van der Waals surface area contributed by atoms with Gasteiger partial charge in [0.1, 0.15) is 0 Å². The normalized spacial score (nSPS) is 12.7.